The second kappa shape index (κ2) is 7.85. The van der Waals surface area contributed by atoms with E-state index in [4.69, 9.17) is 4.42 Å². The molecule has 2 aromatic heterocycles. The Morgan fingerprint density at radius 3 is 2.17 bits per heavy atom. The van der Waals surface area contributed by atoms with E-state index in [2.05, 4.69) is 83.4 Å². The molecule has 0 bridgehead atoms. The van der Waals surface area contributed by atoms with Gasteiger partial charge < -0.3 is 13.5 Å². The van der Waals surface area contributed by atoms with Crippen molar-refractivity contribution in [3.8, 4) is 16.8 Å². The van der Waals surface area contributed by atoms with Gasteiger partial charge in [-0.2, -0.15) is 0 Å². The lowest BCUT2D eigenvalue weighted by Gasteiger charge is -2.16. The van der Waals surface area contributed by atoms with E-state index in [0.717, 1.165) is 71.1 Å². The van der Waals surface area contributed by atoms with Crippen LogP contribution in [-0.4, -0.2) is 4.57 Å². The molecule has 40 heavy (non-hydrogen) atoms. The average molecular weight is 532 g/mol. The number of hydrogen-bond donors (Lipinski definition) is 0. The molecule has 0 saturated heterocycles. The molecule has 0 aliphatic carbocycles. The van der Waals surface area contributed by atoms with E-state index in [0.29, 0.717) is 0 Å². The van der Waals surface area contributed by atoms with Crippen molar-refractivity contribution >= 4 is 66.8 Å². The molecule has 0 saturated carbocycles. The molecule has 0 radical (unpaired) electrons. The summed E-state index contributed by atoms with van der Waals surface area (Å²) in [5, 5.41) is 7.21. The highest BCUT2D eigenvalue weighted by atomic mass is 31.2. The lowest BCUT2D eigenvalue weighted by molar-refractivity contribution is 0.593. The van der Waals surface area contributed by atoms with Crippen LogP contribution >= 0.6 is 7.14 Å². The summed E-state index contributed by atoms with van der Waals surface area (Å²) in [6, 6.07) is 45.6. The first kappa shape index (κ1) is 22.0. The van der Waals surface area contributed by atoms with Crippen LogP contribution in [-0.2, 0) is 4.57 Å². The van der Waals surface area contributed by atoms with E-state index in [-0.39, 0.29) is 0 Å². The molecule has 1 atom stereocenters. The van der Waals surface area contributed by atoms with Gasteiger partial charge >= 0.3 is 0 Å². The SMILES string of the molecule is O=P1(c2ccccc2)c2ccccc2-c2c1ccc1c3ccccc3n(-c3ccc4oc5ccccc5c4c3)c21. The highest BCUT2D eigenvalue weighted by Crippen LogP contribution is 2.54. The summed E-state index contributed by atoms with van der Waals surface area (Å²) in [4.78, 5) is 0. The van der Waals surface area contributed by atoms with Gasteiger partial charge in [0.15, 0.2) is 7.14 Å². The summed E-state index contributed by atoms with van der Waals surface area (Å²) in [6.45, 7) is 0. The fourth-order valence-electron chi connectivity index (χ4n) is 6.70. The summed E-state index contributed by atoms with van der Waals surface area (Å²) in [5.74, 6) is 0. The molecular formula is C36H22NO2P. The fraction of sp³-hybridized carbons (Fsp3) is 0. The average Bonchev–Trinajstić information content (AvgIpc) is 3.64. The molecule has 1 aliphatic heterocycles. The van der Waals surface area contributed by atoms with E-state index in [9.17, 15) is 0 Å². The van der Waals surface area contributed by atoms with E-state index in [1.807, 2.05) is 54.6 Å². The van der Waals surface area contributed by atoms with Gasteiger partial charge in [-0.1, -0.05) is 97.1 Å². The molecule has 4 heteroatoms. The number of para-hydroxylation sites is 2. The van der Waals surface area contributed by atoms with Crippen molar-refractivity contribution in [3.05, 3.63) is 133 Å². The van der Waals surface area contributed by atoms with Crippen molar-refractivity contribution in [2.24, 2.45) is 0 Å². The summed E-state index contributed by atoms with van der Waals surface area (Å²) < 4.78 is 23.7. The summed E-state index contributed by atoms with van der Waals surface area (Å²) >= 11 is 0. The monoisotopic (exact) mass is 531 g/mol. The largest absolute Gasteiger partial charge is 0.456 e. The highest BCUT2D eigenvalue weighted by Gasteiger charge is 2.41. The Morgan fingerprint density at radius 2 is 1.27 bits per heavy atom. The predicted octanol–water partition coefficient (Wildman–Crippen LogP) is 8.30. The minimum atomic E-state index is -3.05. The molecule has 9 rings (SSSR count). The first-order valence-corrected chi connectivity index (χ1v) is 15.2. The molecular weight excluding hydrogens is 509 g/mol. The van der Waals surface area contributed by atoms with Crippen LogP contribution in [0.1, 0.15) is 0 Å². The van der Waals surface area contributed by atoms with Crippen LogP contribution in [0.3, 0.4) is 0 Å². The molecule has 1 unspecified atom stereocenters. The second-order valence-electron chi connectivity index (χ2n) is 10.4. The van der Waals surface area contributed by atoms with Crippen molar-refractivity contribution in [2.45, 2.75) is 0 Å². The quantitative estimate of drug-likeness (QED) is 0.210. The summed E-state index contributed by atoms with van der Waals surface area (Å²) in [7, 11) is -3.05. The van der Waals surface area contributed by atoms with Crippen LogP contribution in [0.5, 0.6) is 0 Å². The van der Waals surface area contributed by atoms with Gasteiger partial charge in [-0.05, 0) is 42.0 Å². The number of nitrogens with zero attached hydrogens (tertiary/aromatic N) is 1. The molecule has 1 aliphatic rings. The van der Waals surface area contributed by atoms with Crippen molar-refractivity contribution in [3.63, 3.8) is 0 Å². The van der Waals surface area contributed by atoms with Crippen LogP contribution in [0.15, 0.2) is 138 Å². The third-order valence-electron chi connectivity index (χ3n) is 8.40. The van der Waals surface area contributed by atoms with Gasteiger partial charge in [0.2, 0.25) is 0 Å². The first-order valence-electron chi connectivity index (χ1n) is 13.5. The van der Waals surface area contributed by atoms with E-state index >= 15 is 4.57 Å². The molecule has 8 aromatic rings. The van der Waals surface area contributed by atoms with Crippen molar-refractivity contribution in [1.29, 1.82) is 0 Å². The topological polar surface area (TPSA) is 35.1 Å². The van der Waals surface area contributed by atoms with Crippen LogP contribution < -0.4 is 15.9 Å². The van der Waals surface area contributed by atoms with Crippen LogP contribution in [0.2, 0.25) is 0 Å². The normalized spacial score (nSPS) is 16.2. The molecule has 0 N–H and O–H groups in total. The van der Waals surface area contributed by atoms with Crippen molar-refractivity contribution < 1.29 is 8.98 Å². The zero-order valence-electron chi connectivity index (χ0n) is 21.4. The molecule has 0 fully saturated rings. The number of aromatic nitrogens is 1. The van der Waals surface area contributed by atoms with Gasteiger partial charge in [0.1, 0.15) is 11.2 Å². The Morgan fingerprint density at radius 1 is 0.550 bits per heavy atom. The fourth-order valence-corrected chi connectivity index (χ4v) is 9.76. The molecule has 3 heterocycles. The van der Waals surface area contributed by atoms with Gasteiger partial charge in [0.25, 0.3) is 0 Å². The standard InChI is InChI=1S/C36H22NO2P/c38-40(24-10-2-1-3-11-24)33-17-9-6-14-28(33)35-34(40)21-19-27-25-12-4-7-15-30(25)37(36(27)35)23-18-20-32-29(22-23)26-13-5-8-16-31(26)39-32/h1-22H. The molecule has 188 valence electrons. The van der Waals surface area contributed by atoms with E-state index < -0.39 is 7.14 Å². The second-order valence-corrected chi connectivity index (χ2v) is 13.1. The van der Waals surface area contributed by atoms with Crippen LogP contribution in [0, 0.1) is 0 Å². The van der Waals surface area contributed by atoms with Crippen molar-refractivity contribution in [2.75, 3.05) is 0 Å². The van der Waals surface area contributed by atoms with Gasteiger partial charge in [-0.3, -0.25) is 0 Å². The lowest BCUT2D eigenvalue weighted by atomic mass is 10.0. The Balaban J connectivity index is 1.45. The smallest absolute Gasteiger partial charge is 0.172 e. The number of furan rings is 1. The molecule has 0 spiro atoms. The lowest BCUT2D eigenvalue weighted by Crippen LogP contribution is -2.20. The Kier molecular flexibility index (Phi) is 4.32. The van der Waals surface area contributed by atoms with Crippen molar-refractivity contribution in [1.82, 2.24) is 4.57 Å². The van der Waals surface area contributed by atoms with Gasteiger partial charge in [-0.25, -0.2) is 0 Å². The third-order valence-corrected chi connectivity index (χ3v) is 11.5. The minimum Gasteiger partial charge on any atom is -0.456 e. The van der Waals surface area contributed by atoms with Gasteiger partial charge in [0, 0.05) is 48.7 Å². The zero-order chi connectivity index (χ0) is 26.4. The number of benzene rings is 6. The summed E-state index contributed by atoms with van der Waals surface area (Å²) in [6.07, 6.45) is 0. The molecule has 0 amide bonds. The zero-order valence-corrected chi connectivity index (χ0v) is 22.3. The maximum Gasteiger partial charge on any atom is 0.172 e. The third kappa shape index (κ3) is 2.72. The number of fused-ring (bicyclic) bond motifs is 10. The highest BCUT2D eigenvalue weighted by molar-refractivity contribution is 7.86. The van der Waals surface area contributed by atoms with E-state index in [1.54, 1.807) is 0 Å². The Hall–Kier alpha value is -4.85. The maximum atomic E-state index is 15.2. The predicted molar refractivity (Wildman–Crippen MR) is 166 cm³/mol. The minimum absolute atomic E-state index is 0.870. The van der Waals surface area contributed by atoms with Crippen LogP contribution in [0.4, 0.5) is 0 Å². The van der Waals surface area contributed by atoms with Gasteiger partial charge in [0.05, 0.1) is 11.0 Å². The molecule has 6 aromatic carbocycles. The number of hydrogen-bond acceptors (Lipinski definition) is 2. The number of rotatable bonds is 2. The first-order chi connectivity index (χ1) is 19.7. The van der Waals surface area contributed by atoms with Gasteiger partial charge in [-0.15, -0.1) is 0 Å². The van der Waals surface area contributed by atoms with Crippen LogP contribution in [0.25, 0.3) is 60.6 Å². The Bertz CT molecular complexity index is 2360. The molecule has 3 nitrogen and oxygen atoms in total. The van der Waals surface area contributed by atoms with E-state index in [1.165, 1.54) is 5.39 Å². The summed E-state index contributed by atoms with van der Waals surface area (Å²) in [5.41, 5.74) is 7.13. The maximum absolute atomic E-state index is 15.2. The Labute approximate surface area is 230 Å².